The molecule has 21 heavy (non-hydrogen) atoms. The van der Waals surface area contributed by atoms with Crippen LogP contribution in [0.3, 0.4) is 0 Å². The number of nitrogens with zero attached hydrogens (tertiary/aromatic N) is 2. The summed E-state index contributed by atoms with van der Waals surface area (Å²) in [5, 5.41) is 2.13. The van der Waals surface area contributed by atoms with Gasteiger partial charge in [0.05, 0.1) is 6.61 Å². The van der Waals surface area contributed by atoms with E-state index in [0.717, 1.165) is 25.3 Å². The number of hydrogen-bond acceptors (Lipinski definition) is 5. The largest absolute Gasteiger partial charge is 0.368 e. The lowest BCUT2D eigenvalue weighted by atomic mass is 10.2. The van der Waals surface area contributed by atoms with E-state index < -0.39 is 0 Å². The first-order valence-electron chi connectivity index (χ1n) is 7.06. The number of hydrogen-bond donors (Lipinski definition) is 1. The van der Waals surface area contributed by atoms with Crippen molar-refractivity contribution >= 4 is 11.3 Å². The van der Waals surface area contributed by atoms with Crippen LogP contribution in [-0.4, -0.2) is 34.6 Å². The second-order valence-electron chi connectivity index (χ2n) is 5.39. The molecule has 1 N–H and O–H groups in total. The van der Waals surface area contributed by atoms with Crippen molar-refractivity contribution in [2.75, 3.05) is 19.7 Å². The molecule has 6 heteroatoms. The summed E-state index contributed by atoms with van der Waals surface area (Å²) in [5.41, 5.74) is 1.95. The highest BCUT2D eigenvalue weighted by Gasteiger charge is 2.24. The summed E-state index contributed by atoms with van der Waals surface area (Å²) in [7, 11) is 0. The smallest absolute Gasteiger partial charge is 0.251 e. The third-order valence-corrected chi connectivity index (χ3v) is 4.69. The third-order valence-electron chi connectivity index (χ3n) is 3.68. The minimum Gasteiger partial charge on any atom is -0.368 e. The van der Waals surface area contributed by atoms with E-state index in [1.165, 1.54) is 16.5 Å². The molecule has 0 amide bonds. The molecule has 1 fully saturated rings. The summed E-state index contributed by atoms with van der Waals surface area (Å²) in [6, 6.07) is 3.65. The molecule has 0 aromatic carbocycles. The number of morpholine rings is 1. The van der Waals surface area contributed by atoms with Gasteiger partial charge in [-0.1, -0.05) is 0 Å². The quantitative estimate of drug-likeness (QED) is 0.942. The molecule has 0 aliphatic carbocycles. The molecule has 112 valence electrons. The number of aromatic nitrogens is 2. The fraction of sp³-hybridized carbons (Fsp3) is 0.467. The molecule has 0 spiro atoms. The van der Waals surface area contributed by atoms with Crippen LogP contribution in [-0.2, 0) is 11.3 Å². The zero-order valence-electron chi connectivity index (χ0n) is 12.3. The molecule has 3 heterocycles. The lowest BCUT2D eigenvalue weighted by molar-refractivity contribution is -0.0371. The molecule has 0 bridgehead atoms. The van der Waals surface area contributed by atoms with Crippen molar-refractivity contribution in [3.8, 4) is 0 Å². The first-order valence-corrected chi connectivity index (χ1v) is 7.94. The second-order valence-corrected chi connectivity index (χ2v) is 6.39. The van der Waals surface area contributed by atoms with Gasteiger partial charge in [-0.25, -0.2) is 4.98 Å². The maximum Gasteiger partial charge on any atom is 0.251 e. The monoisotopic (exact) mass is 305 g/mol. The molecular formula is C15H19N3O2S. The van der Waals surface area contributed by atoms with Gasteiger partial charge in [0.1, 0.15) is 11.9 Å². The predicted molar refractivity (Wildman–Crippen MR) is 82.6 cm³/mol. The van der Waals surface area contributed by atoms with Gasteiger partial charge in [0.25, 0.3) is 5.56 Å². The van der Waals surface area contributed by atoms with Crippen molar-refractivity contribution in [2.45, 2.75) is 26.5 Å². The van der Waals surface area contributed by atoms with Gasteiger partial charge in [-0.15, -0.1) is 11.3 Å². The van der Waals surface area contributed by atoms with Crippen LogP contribution in [0.15, 0.2) is 22.3 Å². The van der Waals surface area contributed by atoms with Gasteiger partial charge in [0.15, 0.2) is 0 Å². The van der Waals surface area contributed by atoms with Crippen LogP contribution >= 0.6 is 11.3 Å². The number of rotatable bonds is 3. The molecule has 1 unspecified atom stereocenters. The van der Waals surface area contributed by atoms with Gasteiger partial charge in [-0.2, -0.15) is 0 Å². The third kappa shape index (κ3) is 3.40. The van der Waals surface area contributed by atoms with Gasteiger partial charge >= 0.3 is 0 Å². The van der Waals surface area contributed by atoms with E-state index in [-0.39, 0.29) is 11.7 Å². The number of aryl methyl sites for hydroxylation is 2. The van der Waals surface area contributed by atoms with Crippen LogP contribution in [0.4, 0.5) is 0 Å². The van der Waals surface area contributed by atoms with Crippen LogP contribution < -0.4 is 5.56 Å². The van der Waals surface area contributed by atoms with E-state index in [2.05, 4.69) is 33.2 Å². The van der Waals surface area contributed by atoms with E-state index in [1.807, 2.05) is 6.92 Å². The Morgan fingerprint density at radius 3 is 3.10 bits per heavy atom. The molecule has 2 aromatic rings. The number of ether oxygens (including phenoxy) is 1. The van der Waals surface area contributed by atoms with Crippen molar-refractivity contribution in [2.24, 2.45) is 0 Å². The fourth-order valence-corrected chi connectivity index (χ4v) is 3.48. The van der Waals surface area contributed by atoms with Crippen LogP contribution in [0.1, 0.15) is 28.1 Å². The molecule has 1 aliphatic heterocycles. The van der Waals surface area contributed by atoms with Crippen LogP contribution in [0.25, 0.3) is 0 Å². The molecule has 1 saturated heterocycles. The first-order chi connectivity index (χ1) is 10.1. The molecule has 1 aliphatic rings. The minimum absolute atomic E-state index is 0.118. The van der Waals surface area contributed by atoms with Crippen LogP contribution in [0.2, 0.25) is 0 Å². The maximum atomic E-state index is 11.6. The molecule has 2 aromatic heterocycles. The average molecular weight is 305 g/mol. The van der Waals surface area contributed by atoms with Crippen LogP contribution in [0.5, 0.6) is 0 Å². The number of thiophene rings is 1. The van der Waals surface area contributed by atoms with Gasteiger partial charge < -0.3 is 9.72 Å². The van der Waals surface area contributed by atoms with Crippen molar-refractivity contribution in [3.63, 3.8) is 0 Å². The summed E-state index contributed by atoms with van der Waals surface area (Å²) >= 11 is 1.79. The van der Waals surface area contributed by atoms with E-state index in [1.54, 1.807) is 11.3 Å². The standard InChI is InChI=1S/C15H19N3O2S/c1-10-3-6-21-13(10)9-18-4-5-20-12(8-18)15-16-11(2)7-14(19)17-15/h3,6-7,12H,4-5,8-9H2,1-2H3,(H,16,17,19). The molecular weight excluding hydrogens is 286 g/mol. The maximum absolute atomic E-state index is 11.6. The Morgan fingerprint density at radius 2 is 2.38 bits per heavy atom. The lowest BCUT2D eigenvalue weighted by Gasteiger charge is -2.32. The van der Waals surface area contributed by atoms with Crippen molar-refractivity contribution in [3.05, 3.63) is 49.8 Å². The van der Waals surface area contributed by atoms with Gasteiger partial charge in [0.2, 0.25) is 0 Å². The Kier molecular flexibility index (Phi) is 4.19. The zero-order chi connectivity index (χ0) is 14.8. The van der Waals surface area contributed by atoms with Gasteiger partial charge in [-0.05, 0) is 30.9 Å². The topological polar surface area (TPSA) is 58.2 Å². The Labute approximate surface area is 127 Å². The summed E-state index contributed by atoms with van der Waals surface area (Å²) in [6.45, 7) is 7.22. The summed E-state index contributed by atoms with van der Waals surface area (Å²) < 4.78 is 5.78. The highest BCUT2D eigenvalue weighted by atomic mass is 32.1. The van der Waals surface area contributed by atoms with Crippen LogP contribution in [0, 0.1) is 13.8 Å². The van der Waals surface area contributed by atoms with Crippen molar-refractivity contribution in [1.29, 1.82) is 0 Å². The molecule has 1 atom stereocenters. The molecule has 0 saturated carbocycles. The van der Waals surface area contributed by atoms with E-state index in [0.29, 0.717) is 12.4 Å². The Hall–Kier alpha value is -1.50. The summed E-state index contributed by atoms with van der Waals surface area (Å²) in [4.78, 5) is 22.5. The Bertz CT molecular complexity index is 680. The highest BCUT2D eigenvalue weighted by Crippen LogP contribution is 2.23. The number of H-pyrrole nitrogens is 1. The Balaban J connectivity index is 1.73. The van der Waals surface area contributed by atoms with E-state index in [4.69, 9.17) is 4.74 Å². The normalized spacial score (nSPS) is 19.8. The number of aromatic amines is 1. The Morgan fingerprint density at radius 1 is 1.52 bits per heavy atom. The second kappa shape index (κ2) is 6.09. The predicted octanol–water partition coefficient (Wildman–Crippen LogP) is 2.02. The average Bonchev–Trinajstić information content (AvgIpc) is 2.84. The number of nitrogens with one attached hydrogen (secondary N) is 1. The molecule has 3 rings (SSSR count). The SMILES string of the molecule is Cc1cc(=O)[nH]c(C2CN(Cc3sccc3C)CCO2)n1. The van der Waals surface area contributed by atoms with Crippen molar-refractivity contribution in [1.82, 2.24) is 14.9 Å². The summed E-state index contributed by atoms with van der Waals surface area (Å²) in [5.74, 6) is 0.632. The minimum atomic E-state index is -0.161. The van der Waals surface area contributed by atoms with E-state index in [9.17, 15) is 4.79 Å². The van der Waals surface area contributed by atoms with Crippen molar-refractivity contribution < 1.29 is 4.74 Å². The van der Waals surface area contributed by atoms with E-state index >= 15 is 0 Å². The summed E-state index contributed by atoms with van der Waals surface area (Å²) in [6.07, 6.45) is -0.161. The molecule has 0 radical (unpaired) electrons. The fourth-order valence-electron chi connectivity index (χ4n) is 2.54. The highest BCUT2D eigenvalue weighted by molar-refractivity contribution is 7.10. The van der Waals surface area contributed by atoms with Gasteiger partial charge in [0, 0.05) is 36.3 Å². The lowest BCUT2D eigenvalue weighted by Crippen LogP contribution is -2.38. The zero-order valence-corrected chi connectivity index (χ0v) is 13.1. The first kappa shape index (κ1) is 14.4. The molecule has 5 nitrogen and oxygen atoms in total. The van der Waals surface area contributed by atoms with Gasteiger partial charge in [-0.3, -0.25) is 9.69 Å².